The van der Waals surface area contributed by atoms with Crippen molar-refractivity contribution in [1.82, 2.24) is 9.80 Å². The van der Waals surface area contributed by atoms with Gasteiger partial charge in [-0.15, -0.1) is 0 Å². The van der Waals surface area contributed by atoms with Gasteiger partial charge in [-0.05, 0) is 37.1 Å². The highest BCUT2D eigenvalue weighted by Crippen LogP contribution is 2.26. The van der Waals surface area contributed by atoms with Crippen LogP contribution < -0.4 is 5.32 Å². The van der Waals surface area contributed by atoms with Crippen LogP contribution in [0.1, 0.15) is 52.1 Å². The number of benzene rings is 1. The molecule has 1 N–H and O–H groups in total. The Morgan fingerprint density at radius 3 is 2.24 bits per heavy atom. The molecule has 0 bridgehead atoms. The Morgan fingerprint density at radius 1 is 0.939 bits per heavy atom. The summed E-state index contributed by atoms with van der Waals surface area (Å²) in [6.07, 6.45) is 5.15. The summed E-state index contributed by atoms with van der Waals surface area (Å²) in [5, 5.41) is 13.7. The van der Waals surface area contributed by atoms with Gasteiger partial charge in [0.25, 0.3) is 11.8 Å². The second-order valence-electron chi connectivity index (χ2n) is 8.38. The maximum Gasteiger partial charge on any atom is 0.324 e. The number of carbonyl (C=O) groups excluding carboxylic acids is 3. The minimum absolute atomic E-state index is 0.0141. The van der Waals surface area contributed by atoms with Gasteiger partial charge in [-0.2, -0.15) is 0 Å². The van der Waals surface area contributed by atoms with Crippen molar-refractivity contribution in [2.75, 3.05) is 31.5 Å². The summed E-state index contributed by atoms with van der Waals surface area (Å²) in [6.45, 7) is 1.45. The lowest BCUT2D eigenvalue weighted by molar-refractivity contribution is -0.380. The van der Waals surface area contributed by atoms with E-state index < -0.39 is 4.92 Å². The van der Waals surface area contributed by atoms with Crippen LogP contribution in [-0.4, -0.2) is 58.6 Å². The lowest BCUT2D eigenvalue weighted by Gasteiger charge is -2.34. The molecule has 33 heavy (non-hydrogen) atoms. The van der Waals surface area contributed by atoms with Crippen LogP contribution in [0.4, 0.5) is 10.7 Å². The van der Waals surface area contributed by atoms with Crippen molar-refractivity contribution in [3.05, 3.63) is 57.0 Å². The fourth-order valence-electron chi connectivity index (χ4n) is 4.33. The van der Waals surface area contributed by atoms with Gasteiger partial charge in [0.05, 0.1) is 9.80 Å². The molecule has 1 aliphatic carbocycles. The maximum absolute atomic E-state index is 13.0. The molecule has 0 radical (unpaired) electrons. The number of nitrogens with one attached hydrogen (secondary N) is 1. The lowest BCUT2D eigenvalue weighted by Crippen LogP contribution is -2.50. The zero-order valence-electron chi connectivity index (χ0n) is 18.2. The Kier molecular flexibility index (Phi) is 7.02. The zero-order chi connectivity index (χ0) is 23.4. The largest absolute Gasteiger partial charge is 0.335 e. The average Bonchev–Trinajstić information content (AvgIpc) is 3.35. The van der Waals surface area contributed by atoms with E-state index in [9.17, 15) is 24.5 Å². The highest BCUT2D eigenvalue weighted by molar-refractivity contribution is 7.17. The summed E-state index contributed by atoms with van der Waals surface area (Å²) in [6, 6.07) is 9.77. The van der Waals surface area contributed by atoms with Crippen molar-refractivity contribution >= 4 is 39.7 Å². The predicted octanol–water partition coefficient (Wildman–Crippen LogP) is 3.77. The molecular weight excluding hydrogens is 444 g/mol. The van der Waals surface area contributed by atoms with E-state index in [0.29, 0.717) is 42.3 Å². The Labute approximate surface area is 195 Å². The Morgan fingerprint density at radius 2 is 1.61 bits per heavy atom. The van der Waals surface area contributed by atoms with E-state index in [1.54, 1.807) is 34.1 Å². The molecule has 2 fully saturated rings. The Bertz CT molecular complexity index is 1050. The maximum atomic E-state index is 13.0. The highest BCUT2D eigenvalue weighted by Gasteiger charge is 2.27. The fraction of sp³-hybridized carbons (Fsp3) is 0.435. The van der Waals surface area contributed by atoms with Gasteiger partial charge in [-0.25, -0.2) is 0 Å². The zero-order valence-corrected chi connectivity index (χ0v) is 19.0. The van der Waals surface area contributed by atoms with Crippen molar-refractivity contribution in [3.63, 3.8) is 0 Å². The molecule has 1 saturated carbocycles. The Balaban J connectivity index is 1.33. The molecular formula is C23H26N4O5S. The molecule has 4 rings (SSSR count). The van der Waals surface area contributed by atoms with E-state index in [-0.39, 0.29) is 28.6 Å². The number of piperazine rings is 1. The third-order valence-corrected chi connectivity index (χ3v) is 7.21. The molecule has 9 nitrogen and oxygen atoms in total. The third kappa shape index (κ3) is 5.39. The average molecular weight is 471 g/mol. The quantitative estimate of drug-likeness (QED) is 0.528. The second-order valence-corrected chi connectivity index (χ2v) is 9.45. The van der Waals surface area contributed by atoms with Crippen LogP contribution in [-0.2, 0) is 4.79 Å². The van der Waals surface area contributed by atoms with E-state index in [4.69, 9.17) is 0 Å². The summed E-state index contributed by atoms with van der Waals surface area (Å²) in [4.78, 5) is 52.1. The van der Waals surface area contributed by atoms with Gasteiger partial charge in [0.2, 0.25) is 5.91 Å². The van der Waals surface area contributed by atoms with Crippen LogP contribution in [0.5, 0.6) is 0 Å². The molecule has 0 spiro atoms. The number of hydrogen-bond acceptors (Lipinski definition) is 6. The molecule has 3 amide bonds. The van der Waals surface area contributed by atoms with Crippen LogP contribution in [0, 0.1) is 16.0 Å². The smallest absolute Gasteiger partial charge is 0.324 e. The van der Waals surface area contributed by atoms with Crippen LogP contribution in [0.15, 0.2) is 36.4 Å². The molecule has 1 saturated heterocycles. The summed E-state index contributed by atoms with van der Waals surface area (Å²) in [7, 11) is 0. The van der Waals surface area contributed by atoms with Crippen molar-refractivity contribution in [1.29, 1.82) is 0 Å². The lowest BCUT2D eigenvalue weighted by atomic mass is 9.88. The standard InChI is InChI=1S/C23H26N4O5S/c28-21(16-5-2-1-3-6-16)24-18-8-4-7-17(15-18)22(29)25-11-13-26(14-12-25)23(30)19-9-10-20(33-19)27(31)32/h4,7-10,15-16H,1-3,5-6,11-14H2,(H,24,28). The minimum Gasteiger partial charge on any atom is -0.335 e. The van der Waals surface area contributed by atoms with Crippen molar-refractivity contribution in [3.8, 4) is 0 Å². The fourth-order valence-corrected chi connectivity index (χ4v) is 5.12. The van der Waals surface area contributed by atoms with Crippen LogP contribution in [0.2, 0.25) is 0 Å². The number of amides is 3. The first-order valence-corrected chi connectivity index (χ1v) is 12.0. The number of hydrogen-bond donors (Lipinski definition) is 1. The topological polar surface area (TPSA) is 113 Å². The summed E-state index contributed by atoms with van der Waals surface area (Å²) in [5.74, 6) is -0.357. The molecule has 2 aromatic rings. The molecule has 1 aliphatic heterocycles. The van der Waals surface area contributed by atoms with Gasteiger partial charge in [-0.1, -0.05) is 36.7 Å². The molecule has 2 aliphatic rings. The van der Waals surface area contributed by atoms with Gasteiger partial charge >= 0.3 is 5.00 Å². The van der Waals surface area contributed by atoms with E-state index in [2.05, 4.69) is 5.32 Å². The number of nitrogens with zero attached hydrogens (tertiary/aromatic N) is 3. The predicted molar refractivity (Wildman–Crippen MR) is 124 cm³/mol. The minimum atomic E-state index is -0.510. The molecule has 0 unspecified atom stereocenters. The first-order valence-electron chi connectivity index (χ1n) is 11.2. The monoisotopic (exact) mass is 470 g/mol. The molecule has 174 valence electrons. The van der Waals surface area contributed by atoms with Crippen molar-refractivity contribution in [2.24, 2.45) is 5.92 Å². The van der Waals surface area contributed by atoms with E-state index >= 15 is 0 Å². The Hall–Kier alpha value is -3.27. The molecule has 1 aromatic carbocycles. The number of carbonyl (C=O) groups is 3. The number of nitro groups is 1. The van der Waals surface area contributed by atoms with Crippen LogP contribution >= 0.6 is 11.3 Å². The number of thiophene rings is 1. The molecule has 2 heterocycles. The summed E-state index contributed by atoms with van der Waals surface area (Å²) >= 11 is 0.858. The third-order valence-electron chi connectivity index (χ3n) is 6.19. The van der Waals surface area contributed by atoms with Crippen LogP contribution in [0.25, 0.3) is 0 Å². The van der Waals surface area contributed by atoms with Crippen LogP contribution in [0.3, 0.4) is 0 Å². The van der Waals surface area contributed by atoms with Gasteiger partial charge in [0, 0.05) is 49.4 Å². The summed E-state index contributed by atoms with van der Waals surface area (Å²) in [5.41, 5.74) is 1.11. The molecule has 1 aromatic heterocycles. The van der Waals surface area contributed by atoms with Gasteiger partial charge in [0.15, 0.2) is 0 Å². The molecule has 0 atom stereocenters. The SMILES string of the molecule is O=C(Nc1cccc(C(=O)N2CCN(C(=O)c3ccc([N+](=O)[O-])s3)CC2)c1)C1CCCCC1. The normalized spacial score (nSPS) is 17.0. The van der Waals surface area contributed by atoms with Gasteiger partial charge < -0.3 is 15.1 Å². The first-order chi connectivity index (χ1) is 15.9. The van der Waals surface area contributed by atoms with Crippen molar-refractivity contribution < 1.29 is 19.3 Å². The number of anilines is 1. The first kappa shape index (κ1) is 22.9. The van der Waals surface area contributed by atoms with E-state index in [0.717, 1.165) is 37.0 Å². The number of rotatable bonds is 5. The van der Waals surface area contributed by atoms with Gasteiger partial charge in [-0.3, -0.25) is 24.5 Å². The van der Waals surface area contributed by atoms with Crippen molar-refractivity contribution in [2.45, 2.75) is 32.1 Å². The molecule has 10 heteroatoms. The second kappa shape index (κ2) is 10.1. The highest BCUT2D eigenvalue weighted by atomic mass is 32.1. The van der Waals surface area contributed by atoms with Gasteiger partial charge in [0.1, 0.15) is 0 Å². The van der Waals surface area contributed by atoms with E-state index in [1.165, 1.54) is 18.6 Å². The van der Waals surface area contributed by atoms with E-state index in [1.807, 2.05) is 0 Å². The summed E-state index contributed by atoms with van der Waals surface area (Å²) < 4.78 is 0.